The molecule has 0 bridgehead atoms. The first-order valence-corrected chi connectivity index (χ1v) is 5.86. The first-order valence-electron chi connectivity index (χ1n) is 4.31. The van der Waals surface area contributed by atoms with Gasteiger partial charge in [0.05, 0.1) is 19.8 Å². The number of aliphatic carboxylic acids is 1. The molecule has 0 heterocycles. The molecule has 0 spiro atoms. The molecule has 90 valence electrons. The van der Waals surface area contributed by atoms with Crippen molar-refractivity contribution in [3.63, 3.8) is 0 Å². The lowest BCUT2D eigenvalue weighted by molar-refractivity contribution is -0.136. The molecular weight excluding hydrogens is 226 g/mol. The molecule has 0 aromatic rings. The molecule has 1 atom stereocenters. The number of hydrogen-bond acceptors (Lipinski definition) is 5. The summed E-state index contributed by atoms with van der Waals surface area (Å²) in [5.74, 6) is -1.40. The Kier molecular flexibility index (Phi) is 6.41. The summed E-state index contributed by atoms with van der Waals surface area (Å²) in [6.07, 6.45) is 0. The molecule has 0 aliphatic heterocycles. The van der Waals surface area contributed by atoms with Crippen molar-refractivity contribution in [3.05, 3.63) is 0 Å². The van der Waals surface area contributed by atoms with Crippen LogP contribution in [0.5, 0.6) is 0 Å². The summed E-state index contributed by atoms with van der Waals surface area (Å²) in [6, 6.07) is 0. The van der Waals surface area contributed by atoms with Gasteiger partial charge in [-0.25, -0.2) is 13.1 Å². The quantitative estimate of drug-likeness (QED) is 0.440. The maximum atomic E-state index is 11.2. The first kappa shape index (κ1) is 14.3. The van der Waals surface area contributed by atoms with Gasteiger partial charge in [-0.2, -0.15) is 0 Å². The maximum absolute atomic E-state index is 11.2. The SMILES string of the molecule is CC(C(=O)O)S(=O)(=O)NCCOCCO. The number of aliphatic hydroxyl groups excluding tert-OH is 1. The van der Waals surface area contributed by atoms with Crippen LogP contribution >= 0.6 is 0 Å². The number of carboxylic acid groups (broad SMARTS) is 1. The Bertz CT molecular complexity index is 288. The molecule has 0 saturated carbocycles. The third-order valence-electron chi connectivity index (χ3n) is 1.60. The molecule has 3 N–H and O–H groups in total. The Labute approximate surface area is 88.1 Å². The third-order valence-corrected chi connectivity index (χ3v) is 3.34. The number of ether oxygens (including phenoxy) is 1. The van der Waals surface area contributed by atoms with E-state index in [9.17, 15) is 13.2 Å². The third kappa shape index (κ3) is 5.67. The minimum Gasteiger partial charge on any atom is -0.480 e. The van der Waals surface area contributed by atoms with Crippen LogP contribution in [0.3, 0.4) is 0 Å². The standard InChI is InChI=1S/C7H15NO6S/c1-6(7(10)11)15(12,13)8-2-4-14-5-3-9/h6,8-9H,2-5H2,1H3,(H,10,11). The van der Waals surface area contributed by atoms with Crippen LogP contribution in [0.25, 0.3) is 0 Å². The summed E-state index contributed by atoms with van der Waals surface area (Å²) in [6.45, 7) is 1.14. The molecule has 0 aliphatic rings. The van der Waals surface area contributed by atoms with Crippen molar-refractivity contribution < 1.29 is 28.2 Å². The summed E-state index contributed by atoms with van der Waals surface area (Å²) >= 11 is 0. The Balaban J connectivity index is 3.90. The fourth-order valence-electron chi connectivity index (χ4n) is 0.680. The highest BCUT2D eigenvalue weighted by molar-refractivity contribution is 7.90. The summed E-state index contributed by atoms with van der Waals surface area (Å²) in [5, 5.41) is 15.3. The molecule has 0 aromatic heterocycles. The molecule has 8 heteroatoms. The molecule has 15 heavy (non-hydrogen) atoms. The Morgan fingerprint density at radius 1 is 1.47 bits per heavy atom. The van der Waals surface area contributed by atoms with E-state index in [1.54, 1.807) is 0 Å². The Morgan fingerprint density at radius 2 is 2.07 bits per heavy atom. The molecule has 0 saturated heterocycles. The zero-order valence-corrected chi connectivity index (χ0v) is 9.16. The van der Waals surface area contributed by atoms with Crippen LogP contribution in [0.15, 0.2) is 0 Å². The van der Waals surface area contributed by atoms with E-state index >= 15 is 0 Å². The van der Waals surface area contributed by atoms with Gasteiger partial charge in [0.1, 0.15) is 0 Å². The number of sulfonamides is 1. The summed E-state index contributed by atoms with van der Waals surface area (Å²) in [5.41, 5.74) is 0. The number of hydrogen-bond donors (Lipinski definition) is 3. The monoisotopic (exact) mass is 241 g/mol. The maximum Gasteiger partial charge on any atom is 0.323 e. The molecule has 0 rings (SSSR count). The molecular formula is C7H15NO6S. The zero-order chi connectivity index (χ0) is 11.9. The van der Waals surface area contributed by atoms with Gasteiger partial charge in [0.15, 0.2) is 5.25 Å². The van der Waals surface area contributed by atoms with Crippen LogP contribution in [0.4, 0.5) is 0 Å². The molecule has 7 nitrogen and oxygen atoms in total. The summed E-state index contributed by atoms with van der Waals surface area (Å²) < 4.78 is 29.3. The van der Waals surface area contributed by atoms with Crippen LogP contribution in [0.2, 0.25) is 0 Å². The van der Waals surface area contributed by atoms with Crippen molar-refractivity contribution in [1.29, 1.82) is 0 Å². The number of nitrogens with one attached hydrogen (secondary N) is 1. The highest BCUT2D eigenvalue weighted by Gasteiger charge is 2.26. The van der Waals surface area contributed by atoms with E-state index in [-0.39, 0.29) is 26.4 Å². The van der Waals surface area contributed by atoms with E-state index in [0.717, 1.165) is 6.92 Å². The van der Waals surface area contributed by atoms with Crippen molar-refractivity contribution in [2.45, 2.75) is 12.2 Å². The van der Waals surface area contributed by atoms with E-state index < -0.39 is 21.2 Å². The van der Waals surface area contributed by atoms with E-state index in [4.69, 9.17) is 14.9 Å². The molecule has 0 aliphatic carbocycles. The van der Waals surface area contributed by atoms with Gasteiger partial charge in [-0.1, -0.05) is 0 Å². The molecule has 1 unspecified atom stereocenters. The lowest BCUT2D eigenvalue weighted by atomic mass is 10.5. The smallest absolute Gasteiger partial charge is 0.323 e. The largest absolute Gasteiger partial charge is 0.480 e. The van der Waals surface area contributed by atoms with Gasteiger partial charge >= 0.3 is 5.97 Å². The van der Waals surface area contributed by atoms with Crippen molar-refractivity contribution in [2.24, 2.45) is 0 Å². The molecule has 0 fully saturated rings. The highest BCUT2D eigenvalue weighted by Crippen LogP contribution is 1.97. The van der Waals surface area contributed by atoms with E-state index in [1.165, 1.54) is 0 Å². The lowest BCUT2D eigenvalue weighted by Crippen LogP contribution is -2.39. The zero-order valence-electron chi connectivity index (χ0n) is 8.34. The van der Waals surface area contributed by atoms with Gasteiger partial charge in [0, 0.05) is 6.54 Å². The number of carbonyl (C=O) groups is 1. The van der Waals surface area contributed by atoms with Gasteiger partial charge in [-0.15, -0.1) is 0 Å². The average molecular weight is 241 g/mol. The predicted molar refractivity (Wildman–Crippen MR) is 51.9 cm³/mol. The number of aliphatic hydroxyl groups is 1. The molecule has 0 radical (unpaired) electrons. The topological polar surface area (TPSA) is 113 Å². The number of rotatable bonds is 8. The molecule has 0 aromatic carbocycles. The van der Waals surface area contributed by atoms with E-state index in [1.807, 2.05) is 0 Å². The fourth-order valence-corrected chi connectivity index (χ4v) is 1.56. The summed E-state index contributed by atoms with van der Waals surface area (Å²) in [4.78, 5) is 10.4. The van der Waals surface area contributed by atoms with Gasteiger partial charge in [-0.05, 0) is 6.92 Å². The second kappa shape index (κ2) is 6.72. The first-order chi connectivity index (χ1) is 6.91. The minimum atomic E-state index is -3.84. The highest BCUT2D eigenvalue weighted by atomic mass is 32.2. The van der Waals surface area contributed by atoms with Gasteiger partial charge in [0.2, 0.25) is 10.0 Å². The average Bonchev–Trinajstić information content (AvgIpc) is 2.16. The van der Waals surface area contributed by atoms with Crippen LogP contribution in [-0.4, -0.2) is 56.2 Å². The summed E-state index contributed by atoms with van der Waals surface area (Å²) in [7, 11) is -3.84. The van der Waals surface area contributed by atoms with Crippen LogP contribution in [-0.2, 0) is 19.6 Å². The molecule has 0 amide bonds. The van der Waals surface area contributed by atoms with E-state index in [0.29, 0.717) is 0 Å². The predicted octanol–water partition coefficient (Wildman–Crippen LogP) is -1.61. The Hall–Kier alpha value is -0.700. The van der Waals surface area contributed by atoms with Gasteiger partial charge in [-0.3, -0.25) is 4.79 Å². The van der Waals surface area contributed by atoms with Crippen molar-refractivity contribution in [3.8, 4) is 0 Å². The van der Waals surface area contributed by atoms with E-state index in [2.05, 4.69) is 4.72 Å². The second-order valence-electron chi connectivity index (χ2n) is 2.76. The fraction of sp³-hybridized carbons (Fsp3) is 0.857. The van der Waals surface area contributed by atoms with Gasteiger partial charge < -0.3 is 14.9 Å². The van der Waals surface area contributed by atoms with Crippen LogP contribution in [0.1, 0.15) is 6.92 Å². The lowest BCUT2D eigenvalue weighted by Gasteiger charge is -2.09. The normalized spacial score (nSPS) is 13.7. The minimum absolute atomic E-state index is 0.0139. The Morgan fingerprint density at radius 3 is 2.53 bits per heavy atom. The van der Waals surface area contributed by atoms with Gasteiger partial charge in [0.25, 0.3) is 0 Å². The second-order valence-corrected chi connectivity index (χ2v) is 4.84. The number of carboxylic acids is 1. The van der Waals surface area contributed by atoms with Crippen molar-refractivity contribution >= 4 is 16.0 Å². The van der Waals surface area contributed by atoms with Crippen LogP contribution in [0, 0.1) is 0 Å². The van der Waals surface area contributed by atoms with Crippen molar-refractivity contribution in [2.75, 3.05) is 26.4 Å². The van der Waals surface area contributed by atoms with Crippen molar-refractivity contribution in [1.82, 2.24) is 4.72 Å². The van der Waals surface area contributed by atoms with Crippen LogP contribution < -0.4 is 4.72 Å².